The van der Waals surface area contributed by atoms with Crippen molar-refractivity contribution >= 4 is 44.9 Å². The third-order valence-corrected chi connectivity index (χ3v) is 6.26. The lowest BCUT2D eigenvalue weighted by Gasteiger charge is -2.35. The lowest BCUT2D eigenvalue weighted by Crippen LogP contribution is -2.48. The van der Waals surface area contributed by atoms with E-state index in [2.05, 4.69) is 4.90 Å². The van der Waals surface area contributed by atoms with Crippen LogP contribution in [0.2, 0.25) is 10.0 Å². The minimum Gasteiger partial charge on any atom is -0.379 e. The normalized spacial score (nSPS) is 14.9. The van der Waals surface area contributed by atoms with Crippen LogP contribution in [0.5, 0.6) is 5.75 Å². The standard InChI is InChI=1S/C18H18Cl2N2O4S/c1-13(23)21-8-10-22(11-9-21)15-3-5-16(6-4-15)26-27(24,25)18-12-14(19)2-7-17(18)20/h2-7,12H,8-11H2,1H3. The summed E-state index contributed by atoms with van der Waals surface area (Å²) in [5.74, 6) is 0.250. The van der Waals surface area contributed by atoms with E-state index in [-0.39, 0.29) is 26.6 Å². The number of hydrogen-bond donors (Lipinski definition) is 0. The van der Waals surface area contributed by atoms with Crippen LogP contribution in [0.1, 0.15) is 6.92 Å². The van der Waals surface area contributed by atoms with Gasteiger partial charge in [0.05, 0.1) is 5.02 Å². The fourth-order valence-corrected chi connectivity index (χ4v) is 4.50. The van der Waals surface area contributed by atoms with E-state index in [1.165, 1.54) is 18.2 Å². The number of piperazine rings is 1. The number of rotatable bonds is 4. The molecule has 0 radical (unpaired) electrons. The number of hydrogen-bond acceptors (Lipinski definition) is 5. The minimum atomic E-state index is -4.10. The summed E-state index contributed by atoms with van der Waals surface area (Å²) < 4.78 is 30.1. The summed E-state index contributed by atoms with van der Waals surface area (Å²) in [5.41, 5.74) is 0.934. The predicted octanol–water partition coefficient (Wildman–Crippen LogP) is 3.43. The lowest BCUT2D eigenvalue weighted by molar-refractivity contribution is -0.129. The van der Waals surface area contributed by atoms with E-state index in [0.717, 1.165) is 18.8 Å². The number of nitrogens with zero attached hydrogens (tertiary/aromatic N) is 2. The van der Waals surface area contributed by atoms with Gasteiger partial charge in [0.25, 0.3) is 0 Å². The molecule has 0 unspecified atom stereocenters. The van der Waals surface area contributed by atoms with Gasteiger partial charge in [-0.1, -0.05) is 23.2 Å². The largest absolute Gasteiger partial charge is 0.379 e. The second kappa shape index (κ2) is 7.96. The third-order valence-electron chi connectivity index (χ3n) is 4.30. The molecule has 0 aromatic heterocycles. The molecular weight excluding hydrogens is 411 g/mol. The first-order valence-electron chi connectivity index (χ1n) is 8.26. The number of carbonyl (C=O) groups excluding carboxylic acids is 1. The van der Waals surface area contributed by atoms with Crippen molar-refractivity contribution in [1.29, 1.82) is 0 Å². The summed E-state index contributed by atoms with van der Waals surface area (Å²) in [6, 6.07) is 10.9. The maximum atomic E-state index is 12.4. The van der Waals surface area contributed by atoms with Crippen molar-refractivity contribution in [2.75, 3.05) is 31.1 Å². The van der Waals surface area contributed by atoms with Gasteiger partial charge in [-0.05, 0) is 42.5 Å². The highest BCUT2D eigenvalue weighted by Gasteiger charge is 2.22. The van der Waals surface area contributed by atoms with Gasteiger partial charge in [-0.15, -0.1) is 0 Å². The van der Waals surface area contributed by atoms with Gasteiger partial charge in [-0.3, -0.25) is 4.79 Å². The first-order chi connectivity index (χ1) is 12.8. The minimum absolute atomic E-state index is 0.0411. The van der Waals surface area contributed by atoms with Crippen molar-refractivity contribution in [2.45, 2.75) is 11.8 Å². The molecule has 0 bridgehead atoms. The molecule has 1 aliphatic heterocycles. The molecule has 6 nitrogen and oxygen atoms in total. The molecule has 1 aliphatic rings. The van der Waals surface area contributed by atoms with Gasteiger partial charge in [0.15, 0.2) is 0 Å². The van der Waals surface area contributed by atoms with Crippen molar-refractivity contribution in [2.24, 2.45) is 0 Å². The van der Waals surface area contributed by atoms with Gasteiger partial charge in [-0.2, -0.15) is 8.42 Å². The van der Waals surface area contributed by atoms with Gasteiger partial charge in [0.2, 0.25) is 5.91 Å². The summed E-state index contributed by atoms with van der Waals surface area (Å²) in [4.78, 5) is 15.1. The second-order valence-corrected chi connectivity index (χ2v) is 8.46. The van der Waals surface area contributed by atoms with E-state index in [1.807, 2.05) is 0 Å². The molecule has 9 heteroatoms. The SMILES string of the molecule is CC(=O)N1CCN(c2ccc(OS(=O)(=O)c3cc(Cl)ccc3Cl)cc2)CC1. The Balaban J connectivity index is 1.71. The van der Waals surface area contributed by atoms with Crippen LogP contribution in [0, 0.1) is 0 Å². The Kier molecular flexibility index (Phi) is 5.83. The third kappa shape index (κ3) is 4.66. The molecule has 1 amide bonds. The van der Waals surface area contributed by atoms with E-state index in [4.69, 9.17) is 27.4 Å². The van der Waals surface area contributed by atoms with Crippen molar-refractivity contribution in [3.63, 3.8) is 0 Å². The quantitative estimate of drug-likeness (QED) is 0.697. The van der Waals surface area contributed by atoms with E-state index in [1.54, 1.807) is 36.1 Å². The maximum Gasteiger partial charge on any atom is 0.340 e. The smallest absolute Gasteiger partial charge is 0.340 e. The Morgan fingerprint density at radius 1 is 1.00 bits per heavy atom. The summed E-state index contributed by atoms with van der Waals surface area (Å²) in [7, 11) is -4.10. The number of amides is 1. The van der Waals surface area contributed by atoms with Crippen LogP contribution in [-0.4, -0.2) is 45.4 Å². The average molecular weight is 429 g/mol. The maximum absolute atomic E-state index is 12.4. The summed E-state index contributed by atoms with van der Waals surface area (Å²) in [6.45, 7) is 4.32. The molecule has 0 N–H and O–H groups in total. The van der Waals surface area contributed by atoms with Gasteiger partial charge < -0.3 is 14.0 Å². The molecule has 3 rings (SSSR count). The molecule has 27 heavy (non-hydrogen) atoms. The molecule has 1 fully saturated rings. The number of carbonyl (C=O) groups is 1. The average Bonchev–Trinajstić information content (AvgIpc) is 2.64. The summed E-state index contributed by atoms with van der Waals surface area (Å²) in [5, 5.41) is 0.293. The molecule has 2 aromatic rings. The Bertz CT molecular complexity index is 940. The fourth-order valence-electron chi connectivity index (χ4n) is 2.83. The van der Waals surface area contributed by atoms with E-state index >= 15 is 0 Å². The van der Waals surface area contributed by atoms with E-state index in [9.17, 15) is 13.2 Å². The number of anilines is 1. The predicted molar refractivity (Wildman–Crippen MR) is 105 cm³/mol. The molecule has 0 aliphatic carbocycles. The van der Waals surface area contributed by atoms with Crippen LogP contribution < -0.4 is 9.08 Å². The van der Waals surface area contributed by atoms with Gasteiger partial charge in [-0.25, -0.2) is 0 Å². The highest BCUT2D eigenvalue weighted by atomic mass is 35.5. The molecular formula is C18H18Cl2N2O4S. The van der Waals surface area contributed by atoms with Crippen LogP contribution in [0.4, 0.5) is 5.69 Å². The van der Waals surface area contributed by atoms with Gasteiger partial charge in [0.1, 0.15) is 10.6 Å². The Morgan fingerprint density at radius 3 is 2.22 bits per heavy atom. The Labute approximate surface area is 168 Å². The van der Waals surface area contributed by atoms with Crippen LogP contribution in [0.25, 0.3) is 0 Å². The lowest BCUT2D eigenvalue weighted by atomic mass is 10.2. The Morgan fingerprint density at radius 2 is 1.63 bits per heavy atom. The highest BCUT2D eigenvalue weighted by Crippen LogP contribution is 2.29. The first-order valence-corrected chi connectivity index (χ1v) is 10.4. The van der Waals surface area contributed by atoms with Crippen molar-refractivity contribution < 1.29 is 17.4 Å². The van der Waals surface area contributed by atoms with Crippen LogP contribution in [-0.2, 0) is 14.9 Å². The topological polar surface area (TPSA) is 66.9 Å². The molecule has 2 aromatic carbocycles. The van der Waals surface area contributed by atoms with Gasteiger partial charge >= 0.3 is 10.1 Å². The van der Waals surface area contributed by atoms with Crippen molar-refractivity contribution in [3.05, 3.63) is 52.5 Å². The summed E-state index contributed by atoms with van der Waals surface area (Å²) >= 11 is 11.8. The molecule has 1 saturated heterocycles. The highest BCUT2D eigenvalue weighted by molar-refractivity contribution is 7.87. The van der Waals surface area contributed by atoms with E-state index in [0.29, 0.717) is 13.1 Å². The second-order valence-electron chi connectivity index (χ2n) is 6.10. The fraction of sp³-hybridized carbons (Fsp3) is 0.278. The van der Waals surface area contributed by atoms with Crippen LogP contribution in [0.15, 0.2) is 47.4 Å². The molecule has 0 saturated carbocycles. The summed E-state index contributed by atoms with van der Waals surface area (Å²) in [6.07, 6.45) is 0. The van der Waals surface area contributed by atoms with Crippen LogP contribution >= 0.6 is 23.2 Å². The van der Waals surface area contributed by atoms with Crippen molar-refractivity contribution in [1.82, 2.24) is 4.90 Å². The zero-order valence-electron chi connectivity index (χ0n) is 14.6. The number of halogens is 2. The molecule has 0 atom stereocenters. The monoisotopic (exact) mass is 428 g/mol. The van der Waals surface area contributed by atoms with E-state index < -0.39 is 10.1 Å². The van der Waals surface area contributed by atoms with Gasteiger partial charge in [0, 0.05) is 43.8 Å². The zero-order chi connectivity index (χ0) is 19.6. The zero-order valence-corrected chi connectivity index (χ0v) is 16.9. The molecule has 0 spiro atoms. The number of benzene rings is 2. The molecule has 144 valence electrons. The van der Waals surface area contributed by atoms with Crippen LogP contribution in [0.3, 0.4) is 0 Å². The first kappa shape index (κ1) is 19.8. The van der Waals surface area contributed by atoms with Crippen molar-refractivity contribution in [3.8, 4) is 5.75 Å². The Hall–Kier alpha value is -1.96. The molecule has 1 heterocycles.